The van der Waals surface area contributed by atoms with Crippen molar-refractivity contribution in [3.05, 3.63) is 58.1 Å². The number of aromatic nitrogens is 1. The van der Waals surface area contributed by atoms with Crippen LogP contribution in [0, 0.1) is 5.82 Å². The van der Waals surface area contributed by atoms with Gasteiger partial charge in [-0.05, 0) is 30.7 Å². The zero-order valence-electron chi connectivity index (χ0n) is 9.40. The average molecular weight is 298 g/mol. The van der Waals surface area contributed by atoms with Crippen LogP contribution in [-0.2, 0) is 6.54 Å². The first-order chi connectivity index (χ1) is 8.06. The standard InChI is InChI=1S/C13H13BrFNO/c1-9(17)10-4-5-16(7-10)8-11-2-3-12(14)6-13(11)15/h2-7,9,17H,8H2,1H3. The van der Waals surface area contributed by atoms with Gasteiger partial charge in [-0.1, -0.05) is 22.0 Å². The van der Waals surface area contributed by atoms with Gasteiger partial charge in [0, 0.05) is 29.0 Å². The molecule has 2 nitrogen and oxygen atoms in total. The Kier molecular flexibility index (Phi) is 3.64. The number of aliphatic hydroxyl groups is 1. The highest BCUT2D eigenvalue weighted by molar-refractivity contribution is 9.10. The van der Waals surface area contributed by atoms with Crippen molar-refractivity contribution in [2.24, 2.45) is 0 Å². The highest BCUT2D eigenvalue weighted by Gasteiger charge is 2.06. The Morgan fingerprint density at radius 1 is 1.41 bits per heavy atom. The van der Waals surface area contributed by atoms with Gasteiger partial charge in [-0.3, -0.25) is 0 Å². The van der Waals surface area contributed by atoms with Crippen molar-refractivity contribution >= 4 is 15.9 Å². The van der Waals surface area contributed by atoms with Gasteiger partial charge in [0.15, 0.2) is 0 Å². The molecule has 0 radical (unpaired) electrons. The van der Waals surface area contributed by atoms with Crippen molar-refractivity contribution < 1.29 is 9.50 Å². The first-order valence-electron chi connectivity index (χ1n) is 5.34. The third-order valence-corrected chi connectivity index (χ3v) is 3.12. The number of halogens is 2. The van der Waals surface area contributed by atoms with E-state index in [-0.39, 0.29) is 5.82 Å². The molecule has 1 aromatic heterocycles. The lowest BCUT2D eigenvalue weighted by atomic mass is 10.2. The number of rotatable bonds is 3. The Hall–Kier alpha value is -1.13. The molecule has 0 bridgehead atoms. The van der Waals surface area contributed by atoms with E-state index in [1.807, 2.05) is 29.1 Å². The van der Waals surface area contributed by atoms with Crippen molar-refractivity contribution in [3.8, 4) is 0 Å². The molecule has 0 aliphatic carbocycles. The smallest absolute Gasteiger partial charge is 0.129 e. The largest absolute Gasteiger partial charge is 0.389 e. The second kappa shape index (κ2) is 5.02. The molecule has 2 aromatic rings. The molecule has 1 heterocycles. The molecule has 0 amide bonds. The predicted octanol–water partition coefficient (Wildman–Crippen LogP) is 3.49. The molecule has 90 valence electrons. The topological polar surface area (TPSA) is 25.2 Å². The summed E-state index contributed by atoms with van der Waals surface area (Å²) in [5, 5.41) is 9.40. The van der Waals surface area contributed by atoms with Crippen LogP contribution in [0.3, 0.4) is 0 Å². The van der Waals surface area contributed by atoms with Crippen molar-refractivity contribution in [1.82, 2.24) is 4.57 Å². The first kappa shape index (κ1) is 12.3. The summed E-state index contributed by atoms with van der Waals surface area (Å²) in [6.45, 7) is 2.17. The van der Waals surface area contributed by atoms with Crippen LogP contribution in [0.25, 0.3) is 0 Å². The Morgan fingerprint density at radius 3 is 2.76 bits per heavy atom. The van der Waals surface area contributed by atoms with Gasteiger partial charge >= 0.3 is 0 Å². The normalized spacial score (nSPS) is 12.7. The summed E-state index contributed by atoms with van der Waals surface area (Å²) >= 11 is 3.23. The van der Waals surface area contributed by atoms with Crippen molar-refractivity contribution in [2.45, 2.75) is 19.6 Å². The van der Waals surface area contributed by atoms with Gasteiger partial charge in [0.05, 0.1) is 6.10 Å². The van der Waals surface area contributed by atoms with Gasteiger partial charge in [-0.15, -0.1) is 0 Å². The Labute approximate surface area is 108 Å². The molecule has 0 saturated heterocycles. The van der Waals surface area contributed by atoms with Crippen LogP contribution in [-0.4, -0.2) is 9.67 Å². The van der Waals surface area contributed by atoms with E-state index in [0.29, 0.717) is 12.1 Å². The molecular formula is C13H13BrFNO. The summed E-state index contributed by atoms with van der Waals surface area (Å²) in [4.78, 5) is 0. The minimum absolute atomic E-state index is 0.230. The van der Waals surface area contributed by atoms with E-state index in [0.717, 1.165) is 10.0 Å². The van der Waals surface area contributed by atoms with E-state index in [4.69, 9.17) is 0 Å². The van der Waals surface area contributed by atoms with E-state index in [1.54, 1.807) is 13.0 Å². The second-order valence-corrected chi connectivity index (χ2v) is 4.94. The third kappa shape index (κ3) is 2.96. The van der Waals surface area contributed by atoms with Crippen LogP contribution in [0.15, 0.2) is 41.1 Å². The highest BCUT2D eigenvalue weighted by Crippen LogP contribution is 2.18. The van der Waals surface area contributed by atoms with E-state index in [2.05, 4.69) is 15.9 Å². The third-order valence-electron chi connectivity index (χ3n) is 2.62. The Balaban J connectivity index is 2.19. The van der Waals surface area contributed by atoms with E-state index >= 15 is 0 Å². The molecule has 1 atom stereocenters. The van der Waals surface area contributed by atoms with Gasteiger partial charge in [0.25, 0.3) is 0 Å². The fourth-order valence-corrected chi connectivity index (χ4v) is 1.98. The number of nitrogens with zero attached hydrogens (tertiary/aromatic N) is 1. The van der Waals surface area contributed by atoms with Crippen LogP contribution in [0.2, 0.25) is 0 Å². The van der Waals surface area contributed by atoms with E-state index in [9.17, 15) is 9.50 Å². The average Bonchev–Trinajstić information content (AvgIpc) is 2.71. The fraction of sp³-hybridized carbons (Fsp3) is 0.231. The van der Waals surface area contributed by atoms with Crippen molar-refractivity contribution in [3.63, 3.8) is 0 Å². The van der Waals surface area contributed by atoms with Crippen LogP contribution in [0.5, 0.6) is 0 Å². The molecule has 1 unspecified atom stereocenters. The molecule has 0 spiro atoms. The molecule has 0 aliphatic heterocycles. The molecule has 0 saturated carbocycles. The summed E-state index contributed by atoms with van der Waals surface area (Å²) in [6.07, 6.45) is 3.17. The SMILES string of the molecule is CC(O)c1ccn(Cc2ccc(Br)cc2F)c1. The maximum atomic E-state index is 13.6. The molecule has 1 N–H and O–H groups in total. The summed E-state index contributed by atoms with van der Waals surface area (Å²) in [5.74, 6) is -0.230. The fourth-order valence-electron chi connectivity index (χ4n) is 1.65. The number of hydrogen-bond acceptors (Lipinski definition) is 1. The monoisotopic (exact) mass is 297 g/mol. The molecule has 0 fully saturated rings. The number of benzene rings is 1. The van der Waals surface area contributed by atoms with Crippen LogP contribution in [0.1, 0.15) is 24.2 Å². The van der Waals surface area contributed by atoms with Gasteiger partial charge in [0.1, 0.15) is 5.82 Å². The van der Waals surface area contributed by atoms with Crippen LogP contribution < -0.4 is 0 Å². The summed E-state index contributed by atoms with van der Waals surface area (Å²) in [6, 6.07) is 6.86. The van der Waals surface area contributed by atoms with E-state index < -0.39 is 6.10 Å². The van der Waals surface area contributed by atoms with Crippen molar-refractivity contribution in [2.75, 3.05) is 0 Å². The molecule has 4 heteroatoms. The van der Waals surface area contributed by atoms with Crippen LogP contribution in [0.4, 0.5) is 4.39 Å². The molecule has 17 heavy (non-hydrogen) atoms. The molecule has 2 rings (SSSR count). The molecule has 0 aliphatic rings. The second-order valence-electron chi connectivity index (χ2n) is 4.03. The van der Waals surface area contributed by atoms with Gasteiger partial charge in [0.2, 0.25) is 0 Å². The highest BCUT2D eigenvalue weighted by atomic mass is 79.9. The summed E-state index contributed by atoms with van der Waals surface area (Å²) in [7, 11) is 0. The van der Waals surface area contributed by atoms with E-state index in [1.165, 1.54) is 6.07 Å². The maximum Gasteiger partial charge on any atom is 0.129 e. The van der Waals surface area contributed by atoms with Gasteiger partial charge in [-0.25, -0.2) is 4.39 Å². The van der Waals surface area contributed by atoms with Crippen LogP contribution >= 0.6 is 15.9 Å². The summed E-state index contributed by atoms with van der Waals surface area (Å²) < 4.78 is 16.2. The van der Waals surface area contributed by atoms with Gasteiger partial charge in [-0.2, -0.15) is 0 Å². The summed E-state index contributed by atoms with van der Waals surface area (Å²) in [5.41, 5.74) is 1.46. The molecule has 1 aromatic carbocycles. The minimum Gasteiger partial charge on any atom is -0.389 e. The van der Waals surface area contributed by atoms with Crippen molar-refractivity contribution in [1.29, 1.82) is 0 Å². The lowest BCUT2D eigenvalue weighted by molar-refractivity contribution is 0.199. The zero-order chi connectivity index (χ0) is 12.4. The maximum absolute atomic E-state index is 13.6. The predicted molar refractivity (Wildman–Crippen MR) is 68.3 cm³/mol. The first-order valence-corrected chi connectivity index (χ1v) is 6.13. The quantitative estimate of drug-likeness (QED) is 0.922. The lowest BCUT2D eigenvalue weighted by Gasteiger charge is -2.05. The zero-order valence-corrected chi connectivity index (χ0v) is 11.0. The Morgan fingerprint density at radius 2 is 2.18 bits per heavy atom. The number of hydrogen-bond donors (Lipinski definition) is 1. The minimum atomic E-state index is -0.494. The lowest BCUT2D eigenvalue weighted by Crippen LogP contribution is -1.99. The van der Waals surface area contributed by atoms with Gasteiger partial charge < -0.3 is 9.67 Å². The molecular weight excluding hydrogens is 285 g/mol. The number of aliphatic hydroxyl groups excluding tert-OH is 1. The Bertz CT molecular complexity index is 522.